The molecule has 0 aromatic heterocycles. The van der Waals surface area contributed by atoms with Gasteiger partial charge in [-0.15, -0.1) is 0 Å². The molecule has 0 saturated carbocycles. The topological polar surface area (TPSA) is 29.3 Å². The van der Waals surface area contributed by atoms with E-state index < -0.39 is 0 Å². The predicted molar refractivity (Wildman–Crippen MR) is 66.9 cm³/mol. The fourth-order valence-corrected chi connectivity index (χ4v) is 2.53. The Hall–Kier alpha value is -0.0800. The molecule has 0 spiro atoms. The number of hydrogen-bond donors (Lipinski definition) is 1. The second-order valence-corrected chi connectivity index (χ2v) is 5.69. The summed E-state index contributed by atoms with van der Waals surface area (Å²) in [5.74, 6) is 1.41. The zero-order valence-electron chi connectivity index (χ0n) is 10.9. The lowest BCUT2D eigenvalue weighted by Crippen LogP contribution is -2.38. The lowest BCUT2D eigenvalue weighted by molar-refractivity contribution is 0.195. The summed E-state index contributed by atoms with van der Waals surface area (Å²) in [7, 11) is 0. The highest BCUT2D eigenvalue weighted by atomic mass is 15.2. The summed E-state index contributed by atoms with van der Waals surface area (Å²) in [5.41, 5.74) is 6.09. The molecule has 2 unspecified atom stereocenters. The van der Waals surface area contributed by atoms with Crippen LogP contribution in [0, 0.1) is 11.8 Å². The molecule has 0 aromatic carbocycles. The molecule has 1 heterocycles. The van der Waals surface area contributed by atoms with E-state index in [9.17, 15) is 0 Å². The largest absolute Gasteiger partial charge is 0.327 e. The molecule has 0 amide bonds. The first-order valence-corrected chi connectivity index (χ1v) is 6.52. The van der Waals surface area contributed by atoms with Crippen molar-refractivity contribution in [3.8, 4) is 0 Å². The Morgan fingerprint density at radius 3 is 2.47 bits per heavy atom. The maximum Gasteiger partial charge on any atom is 0.0119 e. The van der Waals surface area contributed by atoms with Gasteiger partial charge in [-0.05, 0) is 44.2 Å². The van der Waals surface area contributed by atoms with Crippen molar-refractivity contribution in [2.75, 3.05) is 13.1 Å². The Labute approximate surface area is 95.2 Å². The maximum absolute atomic E-state index is 6.09. The third-order valence-electron chi connectivity index (χ3n) is 3.79. The number of rotatable bonds is 5. The number of nitrogens with zero attached hydrogens (tertiary/aromatic N) is 1. The molecule has 1 aliphatic rings. The summed E-state index contributed by atoms with van der Waals surface area (Å²) in [6, 6.07) is 1.18. The van der Waals surface area contributed by atoms with Crippen LogP contribution in [0.15, 0.2) is 0 Å². The van der Waals surface area contributed by atoms with Crippen LogP contribution in [0.25, 0.3) is 0 Å². The average molecular weight is 212 g/mol. The summed E-state index contributed by atoms with van der Waals surface area (Å²) in [4.78, 5) is 2.65. The Balaban J connectivity index is 2.31. The molecule has 2 N–H and O–H groups in total. The van der Waals surface area contributed by atoms with E-state index in [0.717, 1.165) is 18.4 Å². The first-order chi connectivity index (χ1) is 7.02. The van der Waals surface area contributed by atoms with E-state index in [1.54, 1.807) is 0 Å². The molecule has 2 nitrogen and oxygen atoms in total. The molecular formula is C13H28N2. The van der Waals surface area contributed by atoms with Crippen molar-refractivity contribution in [1.29, 1.82) is 0 Å². The van der Waals surface area contributed by atoms with E-state index >= 15 is 0 Å². The third-order valence-corrected chi connectivity index (χ3v) is 3.79. The molecule has 1 saturated heterocycles. The van der Waals surface area contributed by atoms with Gasteiger partial charge >= 0.3 is 0 Å². The lowest BCUT2D eigenvalue weighted by Gasteiger charge is -2.29. The fourth-order valence-electron chi connectivity index (χ4n) is 2.53. The minimum absolute atomic E-state index is 0.374. The molecule has 15 heavy (non-hydrogen) atoms. The summed E-state index contributed by atoms with van der Waals surface area (Å²) in [6.07, 6.45) is 3.91. The van der Waals surface area contributed by atoms with Gasteiger partial charge in [-0.1, -0.05) is 27.7 Å². The summed E-state index contributed by atoms with van der Waals surface area (Å²) in [5, 5.41) is 0. The van der Waals surface area contributed by atoms with E-state index in [1.807, 2.05) is 0 Å². The minimum Gasteiger partial charge on any atom is -0.327 e. The van der Waals surface area contributed by atoms with Crippen molar-refractivity contribution in [1.82, 2.24) is 4.90 Å². The number of likely N-dealkylation sites (tertiary alicyclic amines) is 1. The van der Waals surface area contributed by atoms with Crippen LogP contribution in [0.3, 0.4) is 0 Å². The zero-order chi connectivity index (χ0) is 11.4. The molecule has 1 fully saturated rings. The van der Waals surface area contributed by atoms with Crippen LogP contribution in [-0.2, 0) is 0 Å². The SMILES string of the molecule is CC(C)C(N)CCN1CCCC1C(C)C. The predicted octanol–water partition coefficient (Wildman–Crippen LogP) is 2.48. The fraction of sp³-hybridized carbons (Fsp3) is 1.00. The van der Waals surface area contributed by atoms with Crippen LogP contribution in [0.4, 0.5) is 0 Å². The average Bonchev–Trinajstić information content (AvgIpc) is 2.61. The van der Waals surface area contributed by atoms with Gasteiger partial charge in [0.2, 0.25) is 0 Å². The number of hydrogen-bond acceptors (Lipinski definition) is 2. The first kappa shape index (κ1) is 13.0. The second-order valence-electron chi connectivity index (χ2n) is 5.69. The van der Waals surface area contributed by atoms with Crippen molar-refractivity contribution in [2.45, 2.75) is 59.0 Å². The summed E-state index contributed by atoms with van der Waals surface area (Å²) < 4.78 is 0. The third kappa shape index (κ3) is 3.76. The minimum atomic E-state index is 0.374. The molecule has 0 aromatic rings. The molecule has 0 aliphatic carbocycles. The van der Waals surface area contributed by atoms with Crippen LogP contribution in [0.1, 0.15) is 47.0 Å². The Bertz CT molecular complexity index is 177. The van der Waals surface area contributed by atoms with Crippen LogP contribution >= 0.6 is 0 Å². The molecule has 0 radical (unpaired) electrons. The Kier molecular flexibility index (Phi) is 5.07. The first-order valence-electron chi connectivity index (χ1n) is 6.52. The van der Waals surface area contributed by atoms with Crippen molar-refractivity contribution >= 4 is 0 Å². The second kappa shape index (κ2) is 5.86. The van der Waals surface area contributed by atoms with Crippen LogP contribution in [0.5, 0.6) is 0 Å². The van der Waals surface area contributed by atoms with Gasteiger partial charge in [0.15, 0.2) is 0 Å². The van der Waals surface area contributed by atoms with Crippen LogP contribution in [-0.4, -0.2) is 30.1 Å². The molecular weight excluding hydrogens is 184 g/mol. The molecule has 0 bridgehead atoms. The highest BCUT2D eigenvalue weighted by Gasteiger charge is 2.26. The highest BCUT2D eigenvalue weighted by Crippen LogP contribution is 2.24. The molecule has 1 aliphatic heterocycles. The smallest absolute Gasteiger partial charge is 0.0119 e. The normalized spacial score (nSPS) is 25.4. The van der Waals surface area contributed by atoms with Gasteiger partial charge < -0.3 is 10.6 Å². The van der Waals surface area contributed by atoms with Gasteiger partial charge in [0.1, 0.15) is 0 Å². The van der Waals surface area contributed by atoms with Crippen LogP contribution in [0.2, 0.25) is 0 Å². The standard InChI is InChI=1S/C13H28N2/c1-10(2)12(14)7-9-15-8-5-6-13(15)11(3)4/h10-13H,5-9,14H2,1-4H3. The van der Waals surface area contributed by atoms with E-state index in [1.165, 1.54) is 25.9 Å². The van der Waals surface area contributed by atoms with Gasteiger partial charge in [0, 0.05) is 12.1 Å². The summed E-state index contributed by atoms with van der Waals surface area (Å²) in [6.45, 7) is 11.6. The van der Waals surface area contributed by atoms with Crippen molar-refractivity contribution in [2.24, 2.45) is 17.6 Å². The zero-order valence-corrected chi connectivity index (χ0v) is 10.9. The van der Waals surface area contributed by atoms with E-state index in [2.05, 4.69) is 32.6 Å². The molecule has 1 rings (SSSR count). The Morgan fingerprint density at radius 1 is 1.27 bits per heavy atom. The molecule has 90 valence electrons. The van der Waals surface area contributed by atoms with Crippen LogP contribution < -0.4 is 5.73 Å². The number of nitrogens with two attached hydrogens (primary N) is 1. The molecule has 2 heteroatoms. The van der Waals surface area contributed by atoms with Crippen molar-refractivity contribution in [3.05, 3.63) is 0 Å². The van der Waals surface area contributed by atoms with Gasteiger partial charge in [0.25, 0.3) is 0 Å². The maximum atomic E-state index is 6.09. The monoisotopic (exact) mass is 212 g/mol. The van der Waals surface area contributed by atoms with Gasteiger partial charge in [0.05, 0.1) is 0 Å². The quantitative estimate of drug-likeness (QED) is 0.758. The van der Waals surface area contributed by atoms with E-state index in [4.69, 9.17) is 5.73 Å². The van der Waals surface area contributed by atoms with Gasteiger partial charge in [-0.2, -0.15) is 0 Å². The molecule has 2 atom stereocenters. The van der Waals surface area contributed by atoms with Crippen molar-refractivity contribution in [3.63, 3.8) is 0 Å². The lowest BCUT2D eigenvalue weighted by atomic mass is 9.99. The summed E-state index contributed by atoms with van der Waals surface area (Å²) >= 11 is 0. The van der Waals surface area contributed by atoms with E-state index in [0.29, 0.717) is 12.0 Å². The van der Waals surface area contributed by atoms with Crippen molar-refractivity contribution < 1.29 is 0 Å². The Morgan fingerprint density at radius 2 is 1.93 bits per heavy atom. The van der Waals surface area contributed by atoms with E-state index in [-0.39, 0.29) is 0 Å². The highest BCUT2D eigenvalue weighted by molar-refractivity contribution is 4.82. The van der Waals surface area contributed by atoms with Gasteiger partial charge in [-0.3, -0.25) is 0 Å². The van der Waals surface area contributed by atoms with Gasteiger partial charge in [-0.25, -0.2) is 0 Å².